The first-order chi connectivity index (χ1) is 16.1. The highest BCUT2D eigenvalue weighted by Gasteiger charge is 2.51. The van der Waals surface area contributed by atoms with Gasteiger partial charge in [-0.1, -0.05) is 36.4 Å². The lowest BCUT2D eigenvalue weighted by Crippen LogP contribution is -2.61. The molecule has 1 saturated heterocycles. The number of carbonyl (C=O) groups excluding carboxylic acids is 4. The maximum absolute atomic E-state index is 13.1. The summed E-state index contributed by atoms with van der Waals surface area (Å²) in [6.07, 6.45) is 0.967. The molecule has 0 unspecified atom stereocenters. The van der Waals surface area contributed by atoms with Gasteiger partial charge >= 0.3 is 23.9 Å². The third kappa shape index (κ3) is 8.43. The van der Waals surface area contributed by atoms with Crippen LogP contribution < -0.4 is 0 Å². The fourth-order valence-corrected chi connectivity index (χ4v) is 3.33. The SMILES string of the molecule is CC(=O)OC[C@H]1O[C@@H](/C=C/C=C/c2ccc(F)cc2)[C@H](OC(C)=O)[C@@H](OC(C)=O)[C@@H]1OC(C)=O. The number of hydrogen-bond donors (Lipinski definition) is 0. The molecule has 34 heavy (non-hydrogen) atoms. The predicted molar refractivity (Wildman–Crippen MR) is 117 cm³/mol. The van der Waals surface area contributed by atoms with Gasteiger partial charge in [0.1, 0.15) is 24.6 Å². The quantitative estimate of drug-likeness (QED) is 0.316. The van der Waals surface area contributed by atoms with E-state index in [9.17, 15) is 23.6 Å². The molecule has 0 aliphatic carbocycles. The Hall–Kier alpha value is -3.53. The monoisotopic (exact) mass is 478 g/mol. The molecule has 1 aliphatic rings. The van der Waals surface area contributed by atoms with Gasteiger partial charge in [-0.25, -0.2) is 4.39 Å². The lowest BCUT2D eigenvalue weighted by molar-refractivity contribution is -0.244. The standard InChI is InChI=1S/C24H27FO9/c1-14(26)30-13-21-23(32-16(3)28)24(33-17(4)29)22(31-15(2)27)20(34-21)8-6-5-7-18-9-11-19(25)12-10-18/h5-12,20-24H,13H2,1-4H3/b7-5+,8-6+/t20-,21+,22-,23+,24+/m0/s1. The van der Waals surface area contributed by atoms with Gasteiger partial charge in [0.05, 0.1) is 0 Å². The van der Waals surface area contributed by atoms with E-state index < -0.39 is 54.4 Å². The molecule has 0 aromatic heterocycles. The molecule has 1 aliphatic heterocycles. The molecule has 0 radical (unpaired) electrons. The third-order valence-corrected chi connectivity index (χ3v) is 4.60. The second-order valence-electron chi connectivity index (χ2n) is 7.46. The number of esters is 4. The molecule has 10 heteroatoms. The molecule has 1 aromatic rings. The summed E-state index contributed by atoms with van der Waals surface area (Å²) in [6.45, 7) is 4.38. The molecule has 184 valence electrons. The van der Waals surface area contributed by atoms with E-state index in [4.69, 9.17) is 23.7 Å². The van der Waals surface area contributed by atoms with E-state index >= 15 is 0 Å². The Morgan fingerprint density at radius 2 is 1.38 bits per heavy atom. The molecule has 1 heterocycles. The first-order valence-corrected chi connectivity index (χ1v) is 10.5. The van der Waals surface area contributed by atoms with Crippen LogP contribution in [0.2, 0.25) is 0 Å². The Labute approximate surface area is 196 Å². The summed E-state index contributed by atoms with van der Waals surface area (Å²) >= 11 is 0. The minimum absolute atomic E-state index is 0.298. The van der Waals surface area contributed by atoms with E-state index in [1.165, 1.54) is 26.0 Å². The second kappa shape index (κ2) is 12.6. The van der Waals surface area contributed by atoms with Crippen LogP contribution in [0.1, 0.15) is 33.3 Å². The molecule has 9 nitrogen and oxygen atoms in total. The molecule has 0 saturated carbocycles. The predicted octanol–water partition coefficient (Wildman–Crippen LogP) is 2.52. The topological polar surface area (TPSA) is 114 Å². The van der Waals surface area contributed by atoms with Gasteiger partial charge < -0.3 is 23.7 Å². The van der Waals surface area contributed by atoms with Crippen molar-refractivity contribution in [3.63, 3.8) is 0 Å². The Morgan fingerprint density at radius 3 is 1.94 bits per heavy atom. The van der Waals surface area contributed by atoms with Crippen LogP contribution in [0.15, 0.2) is 42.5 Å². The van der Waals surface area contributed by atoms with Crippen molar-refractivity contribution in [2.75, 3.05) is 6.61 Å². The molecular weight excluding hydrogens is 451 g/mol. The zero-order valence-corrected chi connectivity index (χ0v) is 19.3. The number of halogens is 1. The van der Waals surface area contributed by atoms with Gasteiger partial charge in [0.25, 0.3) is 0 Å². The fourth-order valence-electron chi connectivity index (χ4n) is 3.33. The summed E-state index contributed by atoms with van der Waals surface area (Å²) in [7, 11) is 0. The highest BCUT2D eigenvalue weighted by Crippen LogP contribution is 2.30. The van der Waals surface area contributed by atoms with Gasteiger partial charge in [-0.05, 0) is 17.7 Å². The Morgan fingerprint density at radius 1 is 0.824 bits per heavy atom. The zero-order valence-electron chi connectivity index (χ0n) is 19.3. The smallest absolute Gasteiger partial charge is 0.303 e. The van der Waals surface area contributed by atoms with Crippen LogP contribution in [0.3, 0.4) is 0 Å². The largest absolute Gasteiger partial charge is 0.463 e. The van der Waals surface area contributed by atoms with E-state index in [-0.39, 0.29) is 12.4 Å². The minimum atomic E-state index is -1.23. The number of carbonyl (C=O) groups is 4. The Bertz CT molecular complexity index is 938. The van der Waals surface area contributed by atoms with Gasteiger partial charge in [-0.2, -0.15) is 0 Å². The van der Waals surface area contributed by atoms with Crippen molar-refractivity contribution < 1.29 is 47.3 Å². The van der Waals surface area contributed by atoms with Crippen molar-refractivity contribution in [3.05, 3.63) is 53.9 Å². The van der Waals surface area contributed by atoms with Crippen molar-refractivity contribution in [1.82, 2.24) is 0 Å². The van der Waals surface area contributed by atoms with Crippen molar-refractivity contribution in [2.45, 2.75) is 58.2 Å². The molecule has 0 N–H and O–H groups in total. The second-order valence-corrected chi connectivity index (χ2v) is 7.46. The van der Waals surface area contributed by atoms with Crippen molar-refractivity contribution in [2.24, 2.45) is 0 Å². The van der Waals surface area contributed by atoms with Gasteiger partial charge in [-0.15, -0.1) is 0 Å². The molecule has 5 atom stereocenters. The maximum Gasteiger partial charge on any atom is 0.303 e. The molecule has 0 amide bonds. The van der Waals surface area contributed by atoms with Crippen molar-refractivity contribution >= 4 is 30.0 Å². The van der Waals surface area contributed by atoms with E-state index in [1.54, 1.807) is 36.4 Å². The van der Waals surface area contributed by atoms with Crippen molar-refractivity contribution in [1.29, 1.82) is 0 Å². The van der Waals surface area contributed by atoms with Crippen LogP contribution in [-0.2, 0) is 42.9 Å². The highest BCUT2D eigenvalue weighted by molar-refractivity contribution is 5.68. The van der Waals surface area contributed by atoms with Crippen LogP contribution >= 0.6 is 0 Å². The van der Waals surface area contributed by atoms with Crippen molar-refractivity contribution in [3.8, 4) is 0 Å². The molecule has 0 bridgehead atoms. The molecule has 2 rings (SSSR count). The first kappa shape index (κ1) is 26.7. The maximum atomic E-state index is 13.1. The number of hydrogen-bond acceptors (Lipinski definition) is 9. The average molecular weight is 478 g/mol. The number of ether oxygens (including phenoxy) is 5. The van der Waals surface area contributed by atoms with Crippen LogP contribution in [0, 0.1) is 5.82 Å². The molecular formula is C24H27FO9. The van der Waals surface area contributed by atoms with Gasteiger partial charge in [-0.3, -0.25) is 19.2 Å². The van der Waals surface area contributed by atoms with Gasteiger partial charge in [0.15, 0.2) is 18.3 Å². The first-order valence-electron chi connectivity index (χ1n) is 10.5. The molecule has 1 aromatic carbocycles. The average Bonchev–Trinajstić information content (AvgIpc) is 2.74. The normalized spacial score (nSPS) is 24.6. The lowest BCUT2D eigenvalue weighted by atomic mass is 9.93. The van der Waals surface area contributed by atoms with Gasteiger partial charge in [0, 0.05) is 27.7 Å². The zero-order chi connectivity index (χ0) is 25.3. The van der Waals surface area contributed by atoms with Gasteiger partial charge in [0.2, 0.25) is 0 Å². The summed E-state index contributed by atoms with van der Waals surface area (Å²) < 4.78 is 40.1. The highest BCUT2D eigenvalue weighted by atomic mass is 19.1. The van der Waals surface area contributed by atoms with E-state index in [2.05, 4.69) is 0 Å². The summed E-state index contributed by atoms with van der Waals surface area (Å²) in [4.78, 5) is 46.7. The van der Waals surface area contributed by atoms with Crippen LogP contribution in [-0.4, -0.2) is 61.0 Å². The summed E-state index contributed by atoms with van der Waals surface area (Å²) in [5.74, 6) is -3.02. The number of benzene rings is 1. The number of rotatable bonds is 8. The lowest BCUT2D eigenvalue weighted by Gasteiger charge is -2.43. The van der Waals surface area contributed by atoms with Crippen LogP contribution in [0.4, 0.5) is 4.39 Å². The molecule has 1 fully saturated rings. The Balaban J connectivity index is 2.36. The summed E-state index contributed by atoms with van der Waals surface area (Å²) in [5.41, 5.74) is 0.743. The van der Waals surface area contributed by atoms with E-state index in [0.29, 0.717) is 0 Å². The number of allylic oxidation sites excluding steroid dienone is 2. The Kier molecular flexibility index (Phi) is 9.93. The van der Waals surface area contributed by atoms with Crippen LogP contribution in [0.5, 0.6) is 0 Å². The summed E-state index contributed by atoms with van der Waals surface area (Å²) in [6, 6.07) is 5.83. The van der Waals surface area contributed by atoms with E-state index in [1.807, 2.05) is 0 Å². The molecule has 0 spiro atoms. The third-order valence-electron chi connectivity index (χ3n) is 4.60. The minimum Gasteiger partial charge on any atom is -0.463 e. The van der Waals surface area contributed by atoms with Crippen LogP contribution in [0.25, 0.3) is 6.08 Å². The summed E-state index contributed by atoms with van der Waals surface area (Å²) in [5, 5.41) is 0. The van der Waals surface area contributed by atoms with E-state index in [0.717, 1.165) is 19.4 Å². The fraction of sp³-hybridized carbons (Fsp3) is 0.417.